The number of morpholine rings is 1. The van der Waals surface area contributed by atoms with Crippen molar-refractivity contribution in [3.63, 3.8) is 0 Å². The monoisotopic (exact) mass is 376 g/mol. The van der Waals surface area contributed by atoms with Crippen LogP contribution in [0.15, 0.2) is 12.4 Å². The van der Waals surface area contributed by atoms with E-state index >= 15 is 0 Å². The summed E-state index contributed by atoms with van der Waals surface area (Å²) in [7, 11) is 0. The van der Waals surface area contributed by atoms with Gasteiger partial charge in [-0.25, -0.2) is 14.8 Å². The number of ether oxygens (including phenoxy) is 2. The minimum absolute atomic E-state index is 0.00171. The molecule has 0 aliphatic carbocycles. The molecule has 0 radical (unpaired) electrons. The van der Waals surface area contributed by atoms with Crippen molar-refractivity contribution in [2.75, 3.05) is 75.4 Å². The number of amides is 2. The standard InChI is InChI=1S/C18H28N6O3/c25-18(19-13-15-2-1-9-27-15)24-5-3-22(4-6-24)16-12-17(21-14-20-16)23-7-10-26-11-8-23/h12,14-15H,1-11,13H2,(H,19,25)/t15-/m0/s1. The largest absolute Gasteiger partial charge is 0.378 e. The molecule has 1 atom stereocenters. The van der Waals surface area contributed by atoms with Crippen LogP contribution < -0.4 is 15.1 Å². The average molecular weight is 376 g/mol. The number of nitrogens with zero attached hydrogens (tertiary/aromatic N) is 5. The molecule has 3 aliphatic rings. The van der Waals surface area contributed by atoms with Gasteiger partial charge in [-0.1, -0.05) is 0 Å². The Morgan fingerprint density at radius 2 is 1.74 bits per heavy atom. The molecule has 0 unspecified atom stereocenters. The van der Waals surface area contributed by atoms with Gasteiger partial charge >= 0.3 is 6.03 Å². The Balaban J connectivity index is 1.27. The highest BCUT2D eigenvalue weighted by atomic mass is 16.5. The number of piperazine rings is 1. The Kier molecular flexibility index (Phi) is 5.88. The number of carbonyl (C=O) groups excluding carboxylic acids is 1. The minimum Gasteiger partial charge on any atom is -0.378 e. The van der Waals surface area contributed by atoms with Gasteiger partial charge in [0.15, 0.2) is 0 Å². The van der Waals surface area contributed by atoms with Crippen molar-refractivity contribution in [3.05, 3.63) is 12.4 Å². The van der Waals surface area contributed by atoms with Crippen LogP contribution in [0.4, 0.5) is 16.4 Å². The highest BCUT2D eigenvalue weighted by Crippen LogP contribution is 2.20. The molecule has 148 valence electrons. The lowest BCUT2D eigenvalue weighted by atomic mass is 10.2. The van der Waals surface area contributed by atoms with Gasteiger partial charge in [0, 0.05) is 58.5 Å². The molecule has 3 aliphatic heterocycles. The number of nitrogens with one attached hydrogen (secondary N) is 1. The van der Waals surface area contributed by atoms with Gasteiger partial charge in [-0.3, -0.25) is 0 Å². The summed E-state index contributed by atoms with van der Waals surface area (Å²) in [6.07, 6.45) is 3.92. The van der Waals surface area contributed by atoms with E-state index in [0.29, 0.717) is 19.6 Å². The molecule has 2 amide bonds. The van der Waals surface area contributed by atoms with Crippen LogP contribution in [0.5, 0.6) is 0 Å². The quantitative estimate of drug-likeness (QED) is 0.810. The summed E-state index contributed by atoms with van der Waals surface area (Å²) >= 11 is 0. The number of hydrogen-bond donors (Lipinski definition) is 1. The summed E-state index contributed by atoms with van der Waals surface area (Å²) in [6.45, 7) is 7.52. The van der Waals surface area contributed by atoms with Crippen LogP contribution in [0.3, 0.4) is 0 Å². The molecular weight excluding hydrogens is 348 g/mol. The predicted molar refractivity (Wildman–Crippen MR) is 101 cm³/mol. The van der Waals surface area contributed by atoms with Crippen LogP contribution in [0.2, 0.25) is 0 Å². The van der Waals surface area contributed by atoms with Crippen LogP contribution in [0, 0.1) is 0 Å². The first kappa shape index (κ1) is 18.2. The number of aromatic nitrogens is 2. The smallest absolute Gasteiger partial charge is 0.317 e. The van der Waals surface area contributed by atoms with E-state index in [1.807, 2.05) is 11.0 Å². The van der Waals surface area contributed by atoms with Crippen LogP contribution in [-0.4, -0.2) is 92.6 Å². The van der Waals surface area contributed by atoms with E-state index < -0.39 is 0 Å². The molecule has 3 fully saturated rings. The summed E-state index contributed by atoms with van der Waals surface area (Å²) < 4.78 is 11.0. The minimum atomic E-state index is 0.00171. The summed E-state index contributed by atoms with van der Waals surface area (Å²) in [5, 5.41) is 3.00. The van der Waals surface area contributed by atoms with Crippen molar-refractivity contribution in [3.8, 4) is 0 Å². The van der Waals surface area contributed by atoms with Gasteiger partial charge in [-0.15, -0.1) is 0 Å². The number of hydrogen-bond acceptors (Lipinski definition) is 7. The van der Waals surface area contributed by atoms with Crippen LogP contribution in [0.1, 0.15) is 12.8 Å². The maximum atomic E-state index is 12.4. The third-order valence-corrected chi connectivity index (χ3v) is 5.37. The zero-order valence-corrected chi connectivity index (χ0v) is 15.7. The molecule has 9 heteroatoms. The molecule has 0 saturated carbocycles. The van der Waals surface area contributed by atoms with E-state index in [2.05, 4.69) is 25.1 Å². The van der Waals surface area contributed by atoms with Gasteiger partial charge in [0.25, 0.3) is 0 Å². The molecule has 0 spiro atoms. The Hall–Kier alpha value is -2.13. The fourth-order valence-corrected chi connectivity index (χ4v) is 3.73. The Morgan fingerprint density at radius 1 is 1.04 bits per heavy atom. The van der Waals surface area contributed by atoms with Gasteiger partial charge in [-0.05, 0) is 12.8 Å². The maximum Gasteiger partial charge on any atom is 0.317 e. The van der Waals surface area contributed by atoms with E-state index in [1.165, 1.54) is 0 Å². The van der Waals surface area contributed by atoms with Crippen molar-refractivity contribution in [1.82, 2.24) is 20.2 Å². The molecule has 0 bridgehead atoms. The molecule has 4 rings (SSSR count). The zero-order valence-electron chi connectivity index (χ0n) is 15.7. The van der Waals surface area contributed by atoms with E-state index in [0.717, 1.165) is 70.5 Å². The van der Waals surface area contributed by atoms with Crippen molar-refractivity contribution in [2.45, 2.75) is 18.9 Å². The lowest BCUT2D eigenvalue weighted by Crippen LogP contribution is -2.52. The summed E-state index contributed by atoms with van der Waals surface area (Å²) in [5.74, 6) is 1.87. The molecule has 1 aromatic rings. The summed E-state index contributed by atoms with van der Waals surface area (Å²) in [6, 6.07) is 2.04. The van der Waals surface area contributed by atoms with Crippen molar-refractivity contribution in [2.24, 2.45) is 0 Å². The third-order valence-electron chi connectivity index (χ3n) is 5.37. The molecule has 3 saturated heterocycles. The molecule has 1 N–H and O–H groups in total. The SMILES string of the molecule is O=C(NC[C@@H]1CCCO1)N1CCN(c2cc(N3CCOCC3)ncn2)CC1. The van der Waals surface area contributed by atoms with E-state index in [1.54, 1.807) is 6.33 Å². The van der Waals surface area contributed by atoms with Gasteiger partial charge < -0.3 is 29.5 Å². The van der Waals surface area contributed by atoms with E-state index in [-0.39, 0.29) is 12.1 Å². The lowest BCUT2D eigenvalue weighted by Gasteiger charge is -2.36. The van der Waals surface area contributed by atoms with E-state index in [4.69, 9.17) is 9.47 Å². The normalized spacial score (nSPS) is 23.6. The summed E-state index contributed by atoms with van der Waals surface area (Å²) in [5.41, 5.74) is 0. The van der Waals surface area contributed by atoms with Gasteiger partial charge in [0.1, 0.15) is 18.0 Å². The Morgan fingerprint density at radius 3 is 2.41 bits per heavy atom. The fourth-order valence-electron chi connectivity index (χ4n) is 3.73. The summed E-state index contributed by atoms with van der Waals surface area (Å²) in [4.78, 5) is 27.5. The highest BCUT2D eigenvalue weighted by molar-refractivity contribution is 5.74. The zero-order chi connectivity index (χ0) is 18.5. The Bertz CT molecular complexity index is 625. The molecule has 9 nitrogen and oxygen atoms in total. The predicted octanol–water partition coefficient (Wildman–Crippen LogP) is 0.324. The fraction of sp³-hybridized carbons (Fsp3) is 0.722. The first-order valence-corrected chi connectivity index (χ1v) is 9.84. The number of anilines is 2. The van der Waals surface area contributed by atoms with Crippen molar-refractivity contribution >= 4 is 17.7 Å². The third kappa shape index (κ3) is 4.59. The highest BCUT2D eigenvalue weighted by Gasteiger charge is 2.24. The average Bonchev–Trinajstić information content (AvgIpc) is 3.27. The second-order valence-electron chi connectivity index (χ2n) is 7.13. The van der Waals surface area contributed by atoms with E-state index in [9.17, 15) is 4.79 Å². The lowest BCUT2D eigenvalue weighted by molar-refractivity contribution is 0.108. The van der Waals surface area contributed by atoms with Crippen LogP contribution >= 0.6 is 0 Å². The maximum absolute atomic E-state index is 12.4. The number of rotatable bonds is 4. The van der Waals surface area contributed by atoms with Gasteiger partial charge in [0.05, 0.1) is 19.3 Å². The van der Waals surface area contributed by atoms with Crippen molar-refractivity contribution in [1.29, 1.82) is 0 Å². The van der Waals surface area contributed by atoms with Crippen LogP contribution in [-0.2, 0) is 9.47 Å². The molecule has 0 aromatic carbocycles. The second-order valence-corrected chi connectivity index (χ2v) is 7.13. The Labute approximate surface area is 159 Å². The first-order chi connectivity index (χ1) is 13.3. The van der Waals surface area contributed by atoms with Gasteiger partial charge in [0.2, 0.25) is 0 Å². The molecule has 4 heterocycles. The first-order valence-electron chi connectivity index (χ1n) is 9.84. The number of urea groups is 1. The molecule has 27 heavy (non-hydrogen) atoms. The van der Waals surface area contributed by atoms with Crippen molar-refractivity contribution < 1.29 is 14.3 Å². The second kappa shape index (κ2) is 8.71. The molecular formula is C18H28N6O3. The number of carbonyl (C=O) groups is 1. The molecule has 1 aromatic heterocycles. The topological polar surface area (TPSA) is 83.1 Å². The van der Waals surface area contributed by atoms with Gasteiger partial charge in [-0.2, -0.15) is 0 Å². The van der Waals surface area contributed by atoms with Crippen LogP contribution in [0.25, 0.3) is 0 Å².